The van der Waals surface area contributed by atoms with E-state index in [1.54, 1.807) is 19.3 Å². The van der Waals surface area contributed by atoms with Crippen molar-refractivity contribution in [3.63, 3.8) is 0 Å². The molecule has 6 rings (SSSR count). The highest BCUT2D eigenvalue weighted by Crippen LogP contribution is 2.39. The summed E-state index contributed by atoms with van der Waals surface area (Å²) in [5, 5.41) is 4.59. The monoisotopic (exact) mass is 435 g/mol. The lowest BCUT2D eigenvalue weighted by Crippen LogP contribution is -2.25. The molecule has 7 nitrogen and oxygen atoms in total. The van der Waals surface area contributed by atoms with Crippen molar-refractivity contribution in [3.05, 3.63) is 94.6 Å². The molecule has 0 unspecified atom stereocenters. The van der Waals surface area contributed by atoms with Crippen LogP contribution in [0.1, 0.15) is 36.0 Å². The van der Waals surface area contributed by atoms with Gasteiger partial charge in [-0.25, -0.2) is 4.98 Å². The van der Waals surface area contributed by atoms with Crippen molar-refractivity contribution in [2.75, 3.05) is 0 Å². The van der Waals surface area contributed by atoms with Crippen LogP contribution >= 0.6 is 0 Å². The molecule has 0 amide bonds. The molecule has 3 aromatic heterocycles. The molecule has 1 fully saturated rings. The summed E-state index contributed by atoms with van der Waals surface area (Å²) in [6.07, 6.45) is 5.70. The molecule has 1 aliphatic carbocycles. The maximum Gasteiger partial charge on any atom is 0.261 e. The van der Waals surface area contributed by atoms with Gasteiger partial charge in [0, 0.05) is 30.8 Å². The van der Waals surface area contributed by atoms with Crippen LogP contribution in [0.25, 0.3) is 33.4 Å². The van der Waals surface area contributed by atoms with Crippen LogP contribution in [0.4, 0.5) is 0 Å². The predicted molar refractivity (Wildman–Crippen MR) is 125 cm³/mol. The lowest BCUT2D eigenvalue weighted by Gasteiger charge is -2.14. The summed E-state index contributed by atoms with van der Waals surface area (Å²) in [5.41, 5.74) is 4.57. The summed E-state index contributed by atoms with van der Waals surface area (Å²) in [6.45, 7) is 2.24. The molecule has 162 valence electrons. The largest absolute Gasteiger partial charge is 0.339 e. The van der Waals surface area contributed by atoms with E-state index in [2.05, 4.69) is 15.1 Å². The molecule has 33 heavy (non-hydrogen) atoms. The SMILES string of the molecule is Cc1nc(-c2ccc(-c3ccc4nc(C5CC5)n(Cc5cccnc5)c(=O)c4c3)cc2)no1. The molecule has 0 N–H and O–H groups in total. The first-order chi connectivity index (χ1) is 16.2. The zero-order valence-corrected chi connectivity index (χ0v) is 18.1. The highest BCUT2D eigenvalue weighted by molar-refractivity contribution is 5.84. The molecule has 0 saturated heterocycles. The lowest BCUT2D eigenvalue weighted by atomic mass is 10.0. The Morgan fingerprint density at radius 2 is 1.79 bits per heavy atom. The van der Waals surface area contributed by atoms with Crippen molar-refractivity contribution in [1.29, 1.82) is 0 Å². The van der Waals surface area contributed by atoms with Gasteiger partial charge in [-0.05, 0) is 47.7 Å². The second-order valence-corrected chi connectivity index (χ2v) is 8.44. The first kappa shape index (κ1) is 19.5. The molecule has 2 aromatic carbocycles. The molecule has 3 heterocycles. The van der Waals surface area contributed by atoms with Gasteiger partial charge in [0.05, 0.1) is 17.4 Å². The number of rotatable bonds is 5. The molecule has 0 radical (unpaired) electrons. The van der Waals surface area contributed by atoms with Gasteiger partial charge >= 0.3 is 0 Å². The fourth-order valence-electron chi connectivity index (χ4n) is 4.13. The average Bonchev–Trinajstić information content (AvgIpc) is 3.61. The molecule has 0 spiro atoms. The third kappa shape index (κ3) is 3.71. The van der Waals surface area contributed by atoms with Crippen molar-refractivity contribution in [2.24, 2.45) is 0 Å². The van der Waals surface area contributed by atoms with Gasteiger partial charge in [-0.15, -0.1) is 0 Å². The Hall–Kier alpha value is -4.13. The van der Waals surface area contributed by atoms with E-state index in [-0.39, 0.29) is 5.56 Å². The van der Waals surface area contributed by atoms with E-state index in [1.807, 2.05) is 59.2 Å². The smallest absolute Gasteiger partial charge is 0.261 e. The number of aryl methyl sites for hydroxylation is 1. The molecule has 5 aromatic rings. The van der Waals surface area contributed by atoms with Gasteiger partial charge in [0.15, 0.2) is 0 Å². The van der Waals surface area contributed by atoms with Gasteiger partial charge in [0.2, 0.25) is 11.7 Å². The number of fused-ring (bicyclic) bond motifs is 1. The number of hydrogen-bond donors (Lipinski definition) is 0. The third-order valence-electron chi connectivity index (χ3n) is 5.99. The Kier molecular flexibility index (Phi) is 4.61. The van der Waals surface area contributed by atoms with E-state index >= 15 is 0 Å². The summed E-state index contributed by atoms with van der Waals surface area (Å²) in [5.74, 6) is 2.33. The predicted octanol–water partition coefficient (Wildman–Crippen LogP) is 4.74. The van der Waals surface area contributed by atoms with Gasteiger partial charge in [-0.3, -0.25) is 14.3 Å². The van der Waals surface area contributed by atoms with Crippen molar-refractivity contribution in [3.8, 4) is 22.5 Å². The fraction of sp³-hybridized carbons (Fsp3) is 0.192. The zero-order valence-electron chi connectivity index (χ0n) is 18.1. The molecule has 1 aliphatic rings. The van der Waals surface area contributed by atoms with Crippen molar-refractivity contribution < 1.29 is 4.52 Å². The second kappa shape index (κ2) is 7.78. The summed E-state index contributed by atoms with van der Waals surface area (Å²) in [6, 6.07) is 17.7. The lowest BCUT2D eigenvalue weighted by molar-refractivity contribution is 0.394. The maximum atomic E-state index is 13.6. The van der Waals surface area contributed by atoms with Crippen LogP contribution in [-0.4, -0.2) is 24.7 Å². The van der Waals surface area contributed by atoms with Crippen LogP contribution < -0.4 is 5.56 Å². The Morgan fingerprint density at radius 3 is 2.48 bits per heavy atom. The van der Waals surface area contributed by atoms with Crippen molar-refractivity contribution in [1.82, 2.24) is 24.7 Å². The molecule has 0 aliphatic heterocycles. The molecule has 0 bridgehead atoms. The highest BCUT2D eigenvalue weighted by Gasteiger charge is 2.29. The highest BCUT2D eigenvalue weighted by atomic mass is 16.5. The summed E-state index contributed by atoms with van der Waals surface area (Å²) in [7, 11) is 0. The standard InChI is InChI=1S/C26H21N5O2/c1-16-28-24(30-33-16)19-6-4-18(5-7-19)21-10-11-23-22(13-21)26(32)31(25(29-23)20-8-9-20)15-17-3-2-12-27-14-17/h2-7,10-14,20H,8-9,15H2,1H3. The average molecular weight is 435 g/mol. The summed E-state index contributed by atoms with van der Waals surface area (Å²) in [4.78, 5) is 27.0. The Morgan fingerprint density at radius 1 is 1.00 bits per heavy atom. The van der Waals surface area contributed by atoms with E-state index in [4.69, 9.17) is 9.51 Å². The van der Waals surface area contributed by atoms with Gasteiger partial charge in [0.1, 0.15) is 5.82 Å². The topological polar surface area (TPSA) is 86.7 Å². The van der Waals surface area contributed by atoms with Gasteiger partial charge in [-0.1, -0.05) is 41.6 Å². The summed E-state index contributed by atoms with van der Waals surface area (Å²) >= 11 is 0. The quantitative estimate of drug-likeness (QED) is 0.396. The number of benzene rings is 2. The van der Waals surface area contributed by atoms with Crippen LogP contribution in [0.5, 0.6) is 0 Å². The fourth-order valence-corrected chi connectivity index (χ4v) is 4.13. The van der Waals surface area contributed by atoms with E-state index in [0.717, 1.165) is 46.4 Å². The van der Waals surface area contributed by atoms with Gasteiger partial charge in [-0.2, -0.15) is 4.98 Å². The van der Waals surface area contributed by atoms with E-state index in [0.29, 0.717) is 29.6 Å². The van der Waals surface area contributed by atoms with E-state index < -0.39 is 0 Å². The zero-order chi connectivity index (χ0) is 22.4. The van der Waals surface area contributed by atoms with Gasteiger partial charge < -0.3 is 4.52 Å². The minimum absolute atomic E-state index is 0.00787. The van der Waals surface area contributed by atoms with Crippen LogP contribution in [0.2, 0.25) is 0 Å². The van der Waals surface area contributed by atoms with Crippen molar-refractivity contribution >= 4 is 10.9 Å². The Labute approximate surface area is 189 Å². The first-order valence-electron chi connectivity index (χ1n) is 11.0. The van der Waals surface area contributed by atoms with Crippen LogP contribution in [0.3, 0.4) is 0 Å². The van der Waals surface area contributed by atoms with Crippen molar-refractivity contribution in [2.45, 2.75) is 32.2 Å². The minimum atomic E-state index is -0.00787. The summed E-state index contributed by atoms with van der Waals surface area (Å²) < 4.78 is 6.89. The Bertz CT molecular complexity index is 1520. The minimum Gasteiger partial charge on any atom is -0.339 e. The molecular formula is C26H21N5O2. The second-order valence-electron chi connectivity index (χ2n) is 8.44. The molecule has 0 atom stereocenters. The molecular weight excluding hydrogens is 414 g/mol. The van der Waals surface area contributed by atoms with Crippen LogP contribution in [-0.2, 0) is 6.54 Å². The molecule has 7 heteroatoms. The van der Waals surface area contributed by atoms with Gasteiger partial charge in [0.25, 0.3) is 5.56 Å². The maximum absolute atomic E-state index is 13.6. The number of nitrogens with zero attached hydrogens (tertiary/aromatic N) is 5. The first-order valence-corrected chi connectivity index (χ1v) is 11.0. The van der Waals surface area contributed by atoms with E-state index in [1.165, 1.54) is 0 Å². The van der Waals surface area contributed by atoms with Crippen LogP contribution in [0, 0.1) is 6.92 Å². The number of pyridine rings is 1. The third-order valence-corrected chi connectivity index (χ3v) is 5.99. The van der Waals surface area contributed by atoms with Crippen LogP contribution in [0.15, 0.2) is 76.3 Å². The number of aromatic nitrogens is 5. The van der Waals surface area contributed by atoms with E-state index in [9.17, 15) is 4.79 Å². The number of hydrogen-bond acceptors (Lipinski definition) is 6. The normalized spacial score (nSPS) is 13.5. The Balaban J connectivity index is 1.41. The molecule has 1 saturated carbocycles.